The van der Waals surface area contributed by atoms with Crippen molar-refractivity contribution < 1.29 is 9.13 Å². The Morgan fingerprint density at radius 1 is 1.43 bits per heavy atom. The van der Waals surface area contributed by atoms with Crippen LogP contribution >= 0.6 is 11.6 Å². The molecule has 1 atom stereocenters. The number of hydrogen-bond acceptors (Lipinski definition) is 5. The normalized spacial score (nSPS) is 23.5. The summed E-state index contributed by atoms with van der Waals surface area (Å²) < 4.78 is 21.5. The summed E-state index contributed by atoms with van der Waals surface area (Å²) in [5, 5.41) is 14.6. The van der Waals surface area contributed by atoms with Gasteiger partial charge in [-0.25, -0.2) is 14.1 Å². The highest BCUT2D eigenvalue weighted by atomic mass is 35.5. The second-order valence-electron chi connectivity index (χ2n) is 6.05. The van der Waals surface area contributed by atoms with Crippen LogP contribution in [0.15, 0.2) is 12.3 Å². The molecule has 0 bridgehead atoms. The van der Waals surface area contributed by atoms with E-state index in [1.807, 2.05) is 4.68 Å². The van der Waals surface area contributed by atoms with Gasteiger partial charge in [0.15, 0.2) is 12.0 Å². The lowest BCUT2D eigenvalue weighted by Gasteiger charge is -2.40. The van der Waals surface area contributed by atoms with Gasteiger partial charge in [0.2, 0.25) is 5.67 Å². The second kappa shape index (κ2) is 5.32. The monoisotopic (exact) mass is 335 g/mol. The number of nitriles is 1. The van der Waals surface area contributed by atoms with Crippen LogP contribution in [-0.2, 0) is 4.74 Å². The number of fused-ring (bicyclic) bond motifs is 1. The van der Waals surface area contributed by atoms with E-state index in [0.29, 0.717) is 17.6 Å². The maximum atomic E-state index is 13.9. The molecule has 0 spiro atoms. The first-order valence-electron chi connectivity index (χ1n) is 7.60. The van der Waals surface area contributed by atoms with Crippen LogP contribution < -0.4 is 4.90 Å². The van der Waals surface area contributed by atoms with Gasteiger partial charge in [0.1, 0.15) is 11.2 Å². The summed E-state index contributed by atoms with van der Waals surface area (Å²) in [4.78, 5) is 5.86. The lowest BCUT2D eigenvalue weighted by atomic mass is 9.98. The molecule has 120 valence electrons. The number of aromatic nitrogens is 3. The van der Waals surface area contributed by atoms with Crippen molar-refractivity contribution in [2.45, 2.75) is 31.2 Å². The van der Waals surface area contributed by atoms with Crippen LogP contribution in [0.5, 0.6) is 0 Å². The van der Waals surface area contributed by atoms with Crippen LogP contribution in [0.4, 0.5) is 10.2 Å². The molecule has 2 fully saturated rings. The van der Waals surface area contributed by atoms with Crippen LogP contribution in [0, 0.1) is 11.3 Å². The number of anilines is 1. The van der Waals surface area contributed by atoms with Gasteiger partial charge in [-0.3, -0.25) is 0 Å². The molecule has 8 heteroatoms. The van der Waals surface area contributed by atoms with E-state index in [2.05, 4.69) is 10.1 Å². The Bertz CT molecular complexity index is 789. The van der Waals surface area contributed by atoms with Crippen molar-refractivity contribution in [2.24, 2.45) is 0 Å². The molecule has 4 heterocycles. The van der Waals surface area contributed by atoms with Gasteiger partial charge in [0.25, 0.3) is 0 Å². The fourth-order valence-corrected chi connectivity index (χ4v) is 3.29. The summed E-state index contributed by atoms with van der Waals surface area (Å²) in [6.45, 7) is 0.736. The van der Waals surface area contributed by atoms with Crippen molar-refractivity contribution in [3.8, 4) is 6.07 Å². The van der Waals surface area contributed by atoms with Crippen LogP contribution in [0.25, 0.3) is 10.9 Å². The Morgan fingerprint density at radius 2 is 2.26 bits per heavy atom. The lowest BCUT2D eigenvalue weighted by molar-refractivity contribution is -0.0366. The lowest BCUT2D eigenvalue weighted by Crippen LogP contribution is -2.58. The van der Waals surface area contributed by atoms with Crippen molar-refractivity contribution >= 4 is 28.3 Å². The molecule has 0 aliphatic carbocycles. The van der Waals surface area contributed by atoms with E-state index >= 15 is 0 Å². The number of hydrogen-bond donors (Lipinski definition) is 0. The molecule has 2 aliphatic rings. The molecular weight excluding hydrogens is 321 g/mol. The first-order chi connectivity index (χ1) is 11.1. The fourth-order valence-electron chi connectivity index (χ4n) is 3.14. The minimum Gasteiger partial charge on any atom is -0.356 e. The Labute approximate surface area is 137 Å². The van der Waals surface area contributed by atoms with E-state index in [4.69, 9.17) is 21.6 Å². The number of halogens is 2. The summed E-state index contributed by atoms with van der Waals surface area (Å²) in [5.74, 6) is 0.627. The largest absolute Gasteiger partial charge is 0.356 e. The van der Waals surface area contributed by atoms with E-state index in [1.165, 1.54) is 0 Å². The number of pyridine rings is 1. The van der Waals surface area contributed by atoms with Gasteiger partial charge < -0.3 is 9.64 Å². The molecular formula is C15H15ClFN5O. The zero-order chi connectivity index (χ0) is 16.0. The molecule has 2 aromatic heterocycles. The SMILES string of the molecule is N#CC1(F)CN(c2nn(C3CCCCO3)c3cc(Cl)ncc23)C1. The minimum atomic E-state index is -1.79. The fraction of sp³-hybridized carbons (Fsp3) is 0.533. The average molecular weight is 336 g/mol. The molecule has 0 amide bonds. The highest BCUT2D eigenvalue weighted by Gasteiger charge is 2.45. The Kier molecular flexibility index (Phi) is 3.39. The standard InChI is InChI=1S/C15H15ClFN5O/c16-12-5-11-10(6-19-12)14(21-8-15(17,7-18)9-21)20-22(11)13-3-1-2-4-23-13/h5-6,13H,1-4,8-9H2. The van der Waals surface area contributed by atoms with Gasteiger partial charge >= 0.3 is 0 Å². The zero-order valence-electron chi connectivity index (χ0n) is 12.4. The van der Waals surface area contributed by atoms with Crippen LogP contribution in [0.1, 0.15) is 25.5 Å². The topological polar surface area (TPSA) is 67.0 Å². The summed E-state index contributed by atoms with van der Waals surface area (Å²) in [6.07, 6.45) is 4.49. The van der Waals surface area contributed by atoms with E-state index in [-0.39, 0.29) is 19.3 Å². The number of nitrogens with zero attached hydrogens (tertiary/aromatic N) is 5. The number of alkyl halides is 1. The van der Waals surface area contributed by atoms with Crippen molar-refractivity contribution in [3.63, 3.8) is 0 Å². The van der Waals surface area contributed by atoms with E-state index in [0.717, 1.165) is 30.2 Å². The third-order valence-electron chi connectivity index (χ3n) is 4.35. The van der Waals surface area contributed by atoms with Gasteiger partial charge in [0.05, 0.1) is 24.0 Å². The smallest absolute Gasteiger partial charge is 0.230 e. The highest BCUT2D eigenvalue weighted by molar-refractivity contribution is 6.30. The van der Waals surface area contributed by atoms with Gasteiger partial charge in [-0.1, -0.05) is 11.6 Å². The van der Waals surface area contributed by atoms with Crippen LogP contribution in [0.3, 0.4) is 0 Å². The van der Waals surface area contributed by atoms with Crippen molar-refractivity contribution in [1.82, 2.24) is 14.8 Å². The first kappa shape index (κ1) is 14.7. The van der Waals surface area contributed by atoms with E-state index in [1.54, 1.807) is 23.2 Å². The van der Waals surface area contributed by atoms with Gasteiger partial charge in [0, 0.05) is 18.9 Å². The van der Waals surface area contributed by atoms with E-state index in [9.17, 15) is 4.39 Å². The molecule has 6 nitrogen and oxygen atoms in total. The van der Waals surface area contributed by atoms with E-state index < -0.39 is 5.67 Å². The Balaban J connectivity index is 1.75. The Hall–Kier alpha value is -1.91. The van der Waals surface area contributed by atoms with Crippen molar-refractivity contribution in [3.05, 3.63) is 17.4 Å². The molecule has 2 aromatic rings. The molecule has 23 heavy (non-hydrogen) atoms. The van der Waals surface area contributed by atoms with Gasteiger partial charge in [-0.2, -0.15) is 10.4 Å². The van der Waals surface area contributed by atoms with Crippen LogP contribution in [-0.4, -0.2) is 40.1 Å². The summed E-state index contributed by atoms with van der Waals surface area (Å²) in [5.41, 5.74) is -0.975. The summed E-state index contributed by atoms with van der Waals surface area (Å²) in [6, 6.07) is 3.45. The predicted molar refractivity (Wildman–Crippen MR) is 83.0 cm³/mol. The zero-order valence-corrected chi connectivity index (χ0v) is 13.1. The third-order valence-corrected chi connectivity index (χ3v) is 4.56. The van der Waals surface area contributed by atoms with Gasteiger partial charge in [-0.05, 0) is 19.3 Å². The molecule has 4 rings (SSSR count). The average Bonchev–Trinajstić information content (AvgIpc) is 2.91. The molecule has 1 unspecified atom stereocenters. The Morgan fingerprint density at radius 3 is 2.96 bits per heavy atom. The predicted octanol–water partition coefficient (Wildman–Crippen LogP) is 2.84. The molecule has 2 aliphatic heterocycles. The van der Waals surface area contributed by atoms with Crippen LogP contribution in [0.2, 0.25) is 5.15 Å². The molecule has 0 aromatic carbocycles. The molecule has 0 N–H and O–H groups in total. The number of ether oxygens (including phenoxy) is 1. The van der Waals surface area contributed by atoms with Crippen molar-refractivity contribution in [1.29, 1.82) is 5.26 Å². The molecule has 0 saturated carbocycles. The molecule has 0 radical (unpaired) electrons. The summed E-state index contributed by atoms with van der Waals surface area (Å²) >= 11 is 6.02. The second-order valence-corrected chi connectivity index (χ2v) is 6.43. The van der Waals surface area contributed by atoms with Gasteiger partial charge in [-0.15, -0.1) is 0 Å². The first-order valence-corrected chi connectivity index (χ1v) is 7.98. The minimum absolute atomic E-state index is 0.0176. The third kappa shape index (κ3) is 2.42. The number of rotatable bonds is 2. The highest BCUT2D eigenvalue weighted by Crippen LogP contribution is 2.37. The maximum absolute atomic E-state index is 13.9. The quantitative estimate of drug-likeness (QED) is 0.789. The maximum Gasteiger partial charge on any atom is 0.230 e. The molecule has 2 saturated heterocycles. The summed E-state index contributed by atoms with van der Waals surface area (Å²) in [7, 11) is 0. The van der Waals surface area contributed by atoms with Crippen molar-refractivity contribution in [2.75, 3.05) is 24.6 Å².